The van der Waals surface area contributed by atoms with E-state index >= 15 is 0 Å². The van der Waals surface area contributed by atoms with Gasteiger partial charge in [-0.2, -0.15) is 0 Å². The number of unbranched alkanes of at least 4 members (excludes halogenated alkanes) is 1. The second kappa shape index (κ2) is 12.4. The lowest BCUT2D eigenvalue weighted by Gasteiger charge is -2.15. The fourth-order valence-electron chi connectivity index (χ4n) is 3.71. The number of carbonyl (C=O) groups excluding carboxylic acids is 2. The van der Waals surface area contributed by atoms with E-state index in [-0.39, 0.29) is 11.8 Å². The molecule has 0 aromatic heterocycles. The summed E-state index contributed by atoms with van der Waals surface area (Å²) in [5, 5.41) is 6.55. The Bertz CT molecular complexity index is 727. The fraction of sp³-hybridized carbons (Fsp3) is 0.609. The van der Waals surface area contributed by atoms with Gasteiger partial charge in [0, 0.05) is 45.3 Å². The van der Waals surface area contributed by atoms with Gasteiger partial charge in [0.1, 0.15) is 0 Å². The van der Waals surface area contributed by atoms with Crippen molar-refractivity contribution in [2.75, 3.05) is 52.6 Å². The smallest absolute Gasteiger partial charge is 0.261 e. The molecule has 1 saturated heterocycles. The van der Waals surface area contributed by atoms with Crippen LogP contribution in [0.4, 0.5) is 0 Å². The molecule has 2 aliphatic heterocycles. The van der Waals surface area contributed by atoms with E-state index in [1.165, 1.54) is 4.90 Å². The number of aliphatic imine (C=N–C) groups is 1. The zero-order chi connectivity index (χ0) is 21.9. The number of hydrogen-bond acceptors (Lipinski definition) is 5. The van der Waals surface area contributed by atoms with E-state index in [1.54, 1.807) is 24.3 Å². The summed E-state index contributed by atoms with van der Waals surface area (Å²) in [7, 11) is 0. The molecule has 0 saturated carbocycles. The Labute approximate surface area is 184 Å². The fourth-order valence-corrected chi connectivity index (χ4v) is 3.71. The summed E-state index contributed by atoms with van der Waals surface area (Å²) in [5.74, 6) is 0.951. The lowest BCUT2D eigenvalue weighted by Crippen LogP contribution is -2.38. The molecular formula is C23H34N4O4. The number of nitrogens with one attached hydrogen (secondary N) is 2. The van der Waals surface area contributed by atoms with Crippen molar-refractivity contribution in [3.05, 3.63) is 35.4 Å². The maximum Gasteiger partial charge on any atom is 0.261 e. The first kappa shape index (κ1) is 23.2. The van der Waals surface area contributed by atoms with Gasteiger partial charge >= 0.3 is 0 Å². The topological polar surface area (TPSA) is 92.3 Å². The van der Waals surface area contributed by atoms with Gasteiger partial charge in [0.2, 0.25) is 0 Å². The van der Waals surface area contributed by atoms with Gasteiger partial charge in [-0.3, -0.25) is 19.5 Å². The minimum Gasteiger partial charge on any atom is -0.381 e. The van der Waals surface area contributed by atoms with E-state index in [9.17, 15) is 9.59 Å². The SMILES string of the molecule is CCNC(=NCCCOCC1CCOC1)NCCCCN1C(=O)c2ccccc2C1=O. The number of rotatable bonds is 12. The highest BCUT2D eigenvalue weighted by atomic mass is 16.5. The van der Waals surface area contributed by atoms with Crippen molar-refractivity contribution >= 4 is 17.8 Å². The molecule has 1 fully saturated rings. The number of fused-ring (bicyclic) bond motifs is 1. The van der Waals surface area contributed by atoms with E-state index in [0.29, 0.717) is 36.7 Å². The first-order valence-corrected chi connectivity index (χ1v) is 11.3. The third-order valence-corrected chi connectivity index (χ3v) is 5.42. The molecule has 8 heteroatoms. The van der Waals surface area contributed by atoms with Crippen LogP contribution in [-0.2, 0) is 9.47 Å². The Morgan fingerprint density at radius 1 is 1.16 bits per heavy atom. The van der Waals surface area contributed by atoms with Gasteiger partial charge in [-0.15, -0.1) is 0 Å². The third kappa shape index (κ3) is 6.77. The number of nitrogens with zero attached hydrogens (tertiary/aromatic N) is 2. The van der Waals surface area contributed by atoms with Crippen molar-refractivity contribution in [3.8, 4) is 0 Å². The van der Waals surface area contributed by atoms with Crippen LogP contribution in [0.5, 0.6) is 0 Å². The Morgan fingerprint density at radius 3 is 2.61 bits per heavy atom. The normalized spacial score (nSPS) is 18.5. The van der Waals surface area contributed by atoms with Gasteiger partial charge in [0.05, 0.1) is 24.3 Å². The van der Waals surface area contributed by atoms with Crippen LogP contribution in [0.2, 0.25) is 0 Å². The Morgan fingerprint density at radius 2 is 1.94 bits per heavy atom. The summed E-state index contributed by atoms with van der Waals surface area (Å²) in [5.41, 5.74) is 1.01. The molecule has 1 atom stereocenters. The van der Waals surface area contributed by atoms with Crippen LogP contribution in [0, 0.1) is 5.92 Å². The van der Waals surface area contributed by atoms with Crippen LogP contribution in [0.15, 0.2) is 29.3 Å². The van der Waals surface area contributed by atoms with Crippen molar-refractivity contribution in [2.24, 2.45) is 10.9 Å². The molecule has 0 bridgehead atoms. The minimum atomic E-state index is -0.189. The standard InChI is InChI=1S/C23H34N4O4/c1-2-24-23(26-12-7-14-30-16-18-10-15-31-17-18)25-11-5-6-13-27-21(28)19-8-3-4-9-20(19)22(27)29/h3-4,8-9,18H,2,5-7,10-17H2,1H3,(H2,24,25,26). The zero-order valence-corrected chi connectivity index (χ0v) is 18.4. The van der Waals surface area contributed by atoms with E-state index in [4.69, 9.17) is 9.47 Å². The van der Waals surface area contributed by atoms with E-state index in [2.05, 4.69) is 15.6 Å². The summed E-state index contributed by atoms with van der Waals surface area (Å²) in [6.07, 6.45) is 3.56. The maximum absolute atomic E-state index is 12.4. The second-order valence-electron chi connectivity index (χ2n) is 7.86. The van der Waals surface area contributed by atoms with Crippen LogP contribution in [0.3, 0.4) is 0 Å². The largest absolute Gasteiger partial charge is 0.381 e. The molecule has 1 unspecified atom stereocenters. The van der Waals surface area contributed by atoms with E-state index in [1.807, 2.05) is 6.92 Å². The van der Waals surface area contributed by atoms with Crippen LogP contribution in [0.25, 0.3) is 0 Å². The number of guanidine groups is 1. The molecule has 1 aromatic rings. The van der Waals surface area contributed by atoms with Crippen molar-refractivity contribution in [3.63, 3.8) is 0 Å². The Balaban J connectivity index is 1.29. The van der Waals surface area contributed by atoms with Crippen molar-refractivity contribution < 1.29 is 19.1 Å². The minimum absolute atomic E-state index is 0.189. The number of benzene rings is 1. The number of hydrogen-bond donors (Lipinski definition) is 2. The molecule has 2 amide bonds. The molecule has 0 spiro atoms. The van der Waals surface area contributed by atoms with E-state index in [0.717, 1.165) is 64.6 Å². The number of ether oxygens (including phenoxy) is 2. The second-order valence-corrected chi connectivity index (χ2v) is 7.86. The van der Waals surface area contributed by atoms with Gasteiger partial charge < -0.3 is 20.1 Å². The molecule has 2 aliphatic rings. The highest BCUT2D eigenvalue weighted by Gasteiger charge is 2.34. The number of amides is 2. The lowest BCUT2D eigenvalue weighted by molar-refractivity contribution is 0.0651. The first-order valence-electron chi connectivity index (χ1n) is 11.3. The molecular weight excluding hydrogens is 396 g/mol. The predicted molar refractivity (Wildman–Crippen MR) is 119 cm³/mol. The average molecular weight is 431 g/mol. The molecule has 2 heterocycles. The highest BCUT2D eigenvalue weighted by molar-refractivity contribution is 6.21. The van der Waals surface area contributed by atoms with Crippen molar-refractivity contribution in [1.82, 2.24) is 15.5 Å². The van der Waals surface area contributed by atoms with Gasteiger partial charge in [0.15, 0.2) is 5.96 Å². The van der Waals surface area contributed by atoms with Crippen molar-refractivity contribution in [1.29, 1.82) is 0 Å². The molecule has 31 heavy (non-hydrogen) atoms. The van der Waals surface area contributed by atoms with Crippen molar-refractivity contribution in [2.45, 2.75) is 32.6 Å². The molecule has 170 valence electrons. The van der Waals surface area contributed by atoms with Gasteiger partial charge in [-0.05, 0) is 44.7 Å². The molecule has 3 rings (SSSR count). The van der Waals surface area contributed by atoms with Gasteiger partial charge in [0.25, 0.3) is 11.8 Å². The molecule has 0 radical (unpaired) electrons. The van der Waals surface area contributed by atoms with E-state index < -0.39 is 0 Å². The number of imide groups is 1. The molecule has 2 N–H and O–H groups in total. The molecule has 8 nitrogen and oxygen atoms in total. The van der Waals surface area contributed by atoms with Crippen LogP contribution >= 0.6 is 0 Å². The summed E-state index contributed by atoms with van der Waals surface area (Å²) in [6, 6.07) is 7.00. The monoisotopic (exact) mass is 430 g/mol. The highest BCUT2D eigenvalue weighted by Crippen LogP contribution is 2.22. The number of carbonyl (C=O) groups is 2. The Kier molecular flexibility index (Phi) is 9.30. The predicted octanol–water partition coefficient (Wildman–Crippen LogP) is 2.06. The maximum atomic E-state index is 12.4. The summed E-state index contributed by atoms with van der Waals surface area (Å²) in [6.45, 7) is 7.85. The van der Waals surface area contributed by atoms with Crippen LogP contribution < -0.4 is 10.6 Å². The zero-order valence-electron chi connectivity index (χ0n) is 18.4. The molecule has 1 aromatic carbocycles. The third-order valence-electron chi connectivity index (χ3n) is 5.42. The first-order chi connectivity index (χ1) is 15.2. The van der Waals surface area contributed by atoms with Gasteiger partial charge in [-0.25, -0.2) is 0 Å². The summed E-state index contributed by atoms with van der Waals surface area (Å²) >= 11 is 0. The lowest BCUT2D eigenvalue weighted by atomic mass is 10.1. The summed E-state index contributed by atoms with van der Waals surface area (Å²) < 4.78 is 11.1. The quantitative estimate of drug-likeness (QED) is 0.228. The summed E-state index contributed by atoms with van der Waals surface area (Å²) in [4.78, 5) is 30.7. The average Bonchev–Trinajstić information content (AvgIpc) is 3.38. The van der Waals surface area contributed by atoms with Crippen LogP contribution in [0.1, 0.15) is 53.3 Å². The molecule has 0 aliphatic carbocycles. The van der Waals surface area contributed by atoms with Crippen LogP contribution in [-0.4, -0.2) is 75.3 Å². The Hall–Kier alpha value is -2.45. The van der Waals surface area contributed by atoms with Gasteiger partial charge in [-0.1, -0.05) is 12.1 Å².